The van der Waals surface area contributed by atoms with Crippen LogP contribution in [0.3, 0.4) is 0 Å². The van der Waals surface area contributed by atoms with Gasteiger partial charge < -0.3 is 4.90 Å². The van der Waals surface area contributed by atoms with E-state index in [9.17, 15) is 9.59 Å². The third-order valence-corrected chi connectivity index (χ3v) is 5.75. The van der Waals surface area contributed by atoms with Crippen LogP contribution in [0.25, 0.3) is 0 Å². The fraction of sp³-hybridized carbons (Fsp3) is 0.316. The van der Waals surface area contributed by atoms with Crippen molar-refractivity contribution in [2.45, 2.75) is 30.0 Å². The highest BCUT2D eigenvalue weighted by molar-refractivity contribution is 9.10. The van der Waals surface area contributed by atoms with Gasteiger partial charge in [-0.15, -0.1) is 0 Å². The van der Waals surface area contributed by atoms with Gasteiger partial charge in [-0.05, 0) is 44.0 Å². The third-order valence-electron chi connectivity index (χ3n) is 4.17. The molecule has 0 N–H and O–H groups in total. The summed E-state index contributed by atoms with van der Waals surface area (Å²) < 4.78 is 0.948. The van der Waals surface area contributed by atoms with Crippen LogP contribution in [-0.2, 0) is 0 Å². The number of benzene rings is 1. The van der Waals surface area contributed by atoms with E-state index in [4.69, 9.17) is 0 Å². The quantitative estimate of drug-likeness (QED) is 0.531. The van der Waals surface area contributed by atoms with Crippen LogP contribution in [0.5, 0.6) is 0 Å². The summed E-state index contributed by atoms with van der Waals surface area (Å²) in [5.74, 6) is 0.108. The predicted molar refractivity (Wildman–Crippen MR) is 103 cm³/mol. The Kier molecular flexibility index (Phi) is 5.91. The van der Waals surface area contributed by atoms with Crippen LogP contribution >= 0.6 is 27.7 Å². The number of hydrogen-bond acceptors (Lipinski definition) is 4. The Hall–Kier alpha value is -1.66. The molecule has 6 heteroatoms. The number of carbonyl (C=O) groups is 2. The van der Waals surface area contributed by atoms with E-state index in [-0.39, 0.29) is 16.9 Å². The van der Waals surface area contributed by atoms with Crippen LogP contribution in [-0.4, -0.2) is 39.9 Å². The minimum Gasteiger partial charge on any atom is -0.339 e. The number of rotatable bonds is 5. The summed E-state index contributed by atoms with van der Waals surface area (Å²) in [6, 6.07) is 11.0. The lowest BCUT2D eigenvalue weighted by Gasteiger charge is -2.15. The van der Waals surface area contributed by atoms with Crippen molar-refractivity contribution in [1.82, 2.24) is 9.88 Å². The number of pyridine rings is 1. The molecule has 0 unspecified atom stereocenters. The van der Waals surface area contributed by atoms with Crippen LogP contribution in [0.2, 0.25) is 0 Å². The Bertz CT molecular complexity index is 756. The van der Waals surface area contributed by atoms with Crippen molar-refractivity contribution in [3.05, 3.63) is 58.2 Å². The van der Waals surface area contributed by atoms with Gasteiger partial charge in [-0.3, -0.25) is 9.59 Å². The molecule has 1 aromatic heterocycles. The van der Waals surface area contributed by atoms with Gasteiger partial charge in [-0.25, -0.2) is 4.98 Å². The smallest absolute Gasteiger partial charge is 0.255 e. The lowest BCUT2D eigenvalue weighted by atomic mass is 10.1. The monoisotopic (exact) mass is 418 g/mol. The van der Waals surface area contributed by atoms with Gasteiger partial charge in [-0.2, -0.15) is 0 Å². The minimum atomic E-state index is -0.242. The van der Waals surface area contributed by atoms with Crippen molar-refractivity contribution < 1.29 is 9.59 Å². The van der Waals surface area contributed by atoms with E-state index < -0.39 is 0 Å². The molecule has 3 rings (SSSR count). The summed E-state index contributed by atoms with van der Waals surface area (Å²) >= 11 is 4.78. The molecule has 1 atom stereocenters. The molecule has 0 bridgehead atoms. The first-order valence-electron chi connectivity index (χ1n) is 8.26. The lowest BCUT2D eigenvalue weighted by Crippen LogP contribution is -2.27. The topological polar surface area (TPSA) is 50.3 Å². The van der Waals surface area contributed by atoms with Crippen molar-refractivity contribution in [2.75, 3.05) is 13.1 Å². The standard InChI is InChI=1S/C19H19BrN2O2S/c1-13(18(23)14-4-7-16(20)8-5-14)25-17-9-6-15(12-21-17)19(24)22-10-2-3-11-22/h4-9,12-13H,2-3,10-11H2,1H3/t13-/m1/s1. The average Bonchev–Trinajstić information content (AvgIpc) is 3.16. The number of likely N-dealkylation sites (tertiary alicyclic amines) is 1. The molecule has 0 saturated carbocycles. The molecule has 0 radical (unpaired) electrons. The molecule has 1 amide bonds. The number of halogens is 1. The summed E-state index contributed by atoms with van der Waals surface area (Å²) in [6.07, 6.45) is 3.76. The Morgan fingerprint density at radius 1 is 1.08 bits per heavy atom. The zero-order chi connectivity index (χ0) is 17.8. The van der Waals surface area contributed by atoms with Gasteiger partial charge >= 0.3 is 0 Å². The zero-order valence-electron chi connectivity index (χ0n) is 13.9. The maximum Gasteiger partial charge on any atom is 0.255 e. The van der Waals surface area contributed by atoms with E-state index in [2.05, 4.69) is 20.9 Å². The summed E-state index contributed by atoms with van der Waals surface area (Å²) in [5, 5.41) is 0.504. The van der Waals surface area contributed by atoms with Gasteiger partial charge in [0, 0.05) is 29.3 Å². The zero-order valence-corrected chi connectivity index (χ0v) is 16.3. The molecule has 1 aliphatic rings. The number of amides is 1. The molecule has 1 saturated heterocycles. The first-order valence-corrected chi connectivity index (χ1v) is 9.93. The van der Waals surface area contributed by atoms with Crippen LogP contribution in [0.15, 0.2) is 52.1 Å². The minimum absolute atomic E-state index is 0.0422. The molecule has 1 aliphatic heterocycles. The van der Waals surface area contributed by atoms with Crippen molar-refractivity contribution in [3.63, 3.8) is 0 Å². The van der Waals surface area contributed by atoms with Crippen molar-refractivity contribution in [2.24, 2.45) is 0 Å². The summed E-state index contributed by atoms with van der Waals surface area (Å²) in [6.45, 7) is 3.53. The van der Waals surface area contributed by atoms with Crippen LogP contribution < -0.4 is 0 Å². The van der Waals surface area contributed by atoms with Gasteiger partial charge in [0.15, 0.2) is 5.78 Å². The van der Waals surface area contributed by atoms with Gasteiger partial charge in [0.2, 0.25) is 0 Å². The third kappa shape index (κ3) is 4.50. The number of hydrogen-bond donors (Lipinski definition) is 0. The van der Waals surface area contributed by atoms with Gasteiger partial charge in [0.05, 0.1) is 15.8 Å². The molecular weight excluding hydrogens is 400 g/mol. The fourth-order valence-corrected chi connectivity index (χ4v) is 3.89. The molecule has 0 spiro atoms. The second kappa shape index (κ2) is 8.15. The largest absolute Gasteiger partial charge is 0.339 e. The van der Waals surface area contributed by atoms with Crippen LogP contribution in [0.1, 0.15) is 40.5 Å². The van der Waals surface area contributed by atoms with E-state index >= 15 is 0 Å². The van der Waals surface area contributed by atoms with Gasteiger partial charge in [0.1, 0.15) is 0 Å². The number of thioether (sulfide) groups is 1. The molecule has 4 nitrogen and oxygen atoms in total. The fourth-order valence-electron chi connectivity index (χ4n) is 2.76. The van der Waals surface area contributed by atoms with Crippen LogP contribution in [0, 0.1) is 0 Å². The van der Waals surface area contributed by atoms with Gasteiger partial charge in [-0.1, -0.05) is 39.8 Å². The van der Waals surface area contributed by atoms with E-state index in [0.717, 1.165) is 35.4 Å². The highest BCUT2D eigenvalue weighted by Crippen LogP contribution is 2.25. The number of carbonyl (C=O) groups excluding carboxylic acids is 2. The van der Waals surface area contributed by atoms with E-state index in [1.165, 1.54) is 11.8 Å². The maximum atomic E-state index is 12.5. The Morgan fingerprint density at radius 2 is 1.72 bits per heavy atom. The first kappa shape index (κ1) is 18.1. The summed E-state index contributed by atoms with van der Waals surface area (Å²) in [5.41, 5.74) is 1.29. The lowest BCUT2D eigenvalue weighted by molar-refractivity contribution is 0.0792. The number of Topliss-reactive ketones (excluding diaryl/α,β-unsaturated/α-hetero) is 1. The molecule has 130 valence electrons. The Balaban J connectivity index is 1.63. The van der Waals surface area contributed by atoms with Crippen molar-refractivity contribution >= 4 is 39.4 Å². The van der Waals surface area contributed by atoms with E-state index in [0.29, 0.717) is 11.1 Å². The summed E-state index contributed by atoms with van der Waals surface area (Å²) in [4.78, 5) is 31.0. The van der Waals surface area contributed by atoms with Crippen molar-refractivity contribution in [3.8, 4) is 0 Å². The molecular formula is C19H19BrN2O2S. The van der Waals surface area contributed by atoms with Crippen LogP contribution in [0.4, 0.5) is 0 Å². The number of aromatic nitrogens is 1. The van der Waals surface area contributed by atoms with E-state index in [1.807, 2.05) is 42.2 Å². The second-order valence-electron chi connectivity index (χ2n) is 6.02. The van der Waals surface area contributed by atoms with Gasteiger partial charge in [0.25, 0.3) is 5.91 Å². The number of nitrogens with zero attached hydrogens (tertiary/aromatic N) is 2. The highest BCUT2D eigenvalue weighted by Gasteiger charge is 2.20. The molecule has 2 heterocycles. The summed E-state index contributed by atoms with van der Waals surface area (Å²) in [7, 11) is 0. The highest BCUT2D eigenvalue weighted by atomic mass is 79.9. The number of ketones is 1. The Labute approximate surface area is 160 Å². The molecule has 1 fully saturated rings. The first-order chi connectivity index (χ1) is 12.0. The molecule has 2 aromatic rings. The maximum absolute atomic E-state index is 12.5. The van der Waals surface area contributed by atoms with E-state index in [1.54, 1.807) is 12.3 Å². The Morgan fingerprint density at radius 3 is 2.32 bits per heavy atom. The predicted octanol–water partition coefficient (Wildman–Crippen LogP) is 4.44. The SMILES string of the molecule is C[C@@H](Sc1ccc(C(=O)N2CCCC2)cn1)C(=O)c1ccc(Br)cc1. The average molecular weight is 419 g/mol. The normalized spacial score (nSPS) is 15.2. The molecule has 25 heavy (non-hydrogen) atoms. The second-order valence-corrected chi connectivity index (χ2v) is 8.29. The molecule has 1 aromatic carbocycles. The molecule has 0 aliphatic carbocycles. The van der Waals surface area contributed by atoms with Crippen molar-refractivity contribution in [1.29, 1.82) is 0 Å².